The molecule has 3 nitrogen and oxygen atoms in total. The van der Waals surface area contributed by atoms with Crippen molar-refractivity contribution in [2.45, 2.75) is 6.61 Å². The van der Waals surface area contributed by atoms with Crippen molar-refractivity contribution in [3.05, 3.63) is 48.0 Å². The number of carbonyl (C=O) groups is 1. The lowest BCUT2D eigenvalue weighted by Gasteiger charge is -2.00. The highest BCUT2D eigenvalue weighted by Crippen LogP contribution is 2.00. The van der Waals surface area contributed by atoms with Crippen LogP contribution in [0.5, 0.6) is 0 Å². The Labute approximate surface area is 82.2 Å². The zero-order valence-corrected chi connectivity index (χ0v) is 7.51. The molecule has 0 aromatic heterocycles. The average molecular weight is 187 g/mol. The van der Waals surface area contributed by atoms with Gasteiger partial charge in [-0.25, -0.2) is 4.79 Å². The predicted octanol–water partition coefficient (Wildman–Crippen LogP) is 1.81. The van der Waals surface area contributed by atoms with Gasteiger partial charge in [-0.05, 0) is 5.56 Å². The molecule has 0 bridgehead atoms. The van der Waals surface area contributed by atoms with Crippen molar-refractivity contribution in [3.63, 3.8) is 0 Å². The Morgan fingerprint density at radius 1 is 1.43 bits per heavy atom. The van der Waals surface area contributed by atoms with E-state index in [1.165, 1.54) is 0 Å². The Bertz CT molecular complexity index is 363. The van der Waals surface area contributed by atoms with Gasteiger partial charge < -0.3 is 4.74 Å². The van der Waals surface area contributed by atoms with Crippen molar-refractivity contribution < 1.29 is 9.53 Å². The highest BCUT2D eigenvalue weighted by atomic mass is 16.5. The second kappa shape index (κ2) is 5.55. The first-order valence-corrected chi connectivity index (χ1v) is 4.10. The van der Waals surface area contributed by atoms with Crippen LogP contribution < -0.4 is 0 Å². The molecule has 0 atom stereocenters. The van der Waals surface area contributed by atoms with Gasteiger partial charge in [0.1, 0.15) is 6.61 Å². The van der Waals surface area contributed by atoms with Gasteiger partial charge in [0.2, 0.25) is 0 Å². The highest BCUT2D eigenvalue weighted by molar-refractivity contribution is 5.82. The lowest BCUT2D eigenvalue weighted by molar-refractivity contribution is -0.139. The van der Waals surface area contributed by atoms with Crippen LogP contribution in [-0.2, 0) is 16.1 Å². The van der Waals surface area contributed by atoms with Crippen molar-refractivity contribution in [3.8, 4) is 6.07 Å². The number of ether oxygens (including phenoxy) is 1. The molecule has 0 spiro atoms. The zero-order chi connectivity index (χ0) is 10.2. The number of hydrogen-bond acceptors (Lipinski definition) is 3. The van der Waals surface area contributed by atoms with Crippen LogP contribution in [0.15, 0.2) is 42.5 Å². The Balaban J connectivity index is 2.39. The topological polar surface area (TPSA) is 50.1 Å². The molecule has 0 aliphatic rings. The Morgan fingerprint density at radius 3 is 2.79 bits per heavy atom. The minimum absolute atomic E-state index is 0.232. The molecule has 0 unspecified atom stereocenters. The van der Waals surface area contributed by atoms with Crippen molar-refractivity contribution in [1.29, 1.82) is 5.26 Å². The van der Waals surface area contributed by atoms with Gasteiger partial charge in [-0.2, -0.15) is 5.26 Å². The van der Waals surface area contributed by atoms with Gasteiger partial charge in [-0.15, -0.1) is 0 Å². The minimum atomic E-state index is -0.504. The van der Waals surface area contributed by atoms with Crippen LogP contribution >= 0.6 is 0 Å². The van der Waals surface area contributed by atoms with Crippen LogP contribution in [0.4, 0.5) is 0 Å². The molecule has 0 saturated carbocycles. The Hall–Kier alpha value is -2.08. The summed E-state index contributed by atoms with van der Waals surface area (Å²) in [6.45, 7) is 0.232. The van der Waals surface area contributed by atoms with Gasteiger partial charge in [0.25, 0.3) is 0 Å². The summed E-state index contributed by atoms with van der Waals surface area (Å²) in [5, 5.41) is 8.16. The summed E-state index contributed by atoms with van der Waals surface area (Å²) in [5.74, 6) is -0.504. The van der Waals surface area contributed by atoms with Crippen molar-refractivity contribution in [2.75, 3.05) is 0 Å². The van der Waals surface area contributed by atoms with Gasteiger partial charge in [0.05, 0.1) is 6.07 Å². The number of benzene rings is 1. The molecular weight excluding hydrogens is 178 g/mol. The molecule has 1 rings (SSSR count). The van der Waals surface area contributed by atoms with Gasteiger partial charge >= 0.3 is 5.97 Å². The van der Waals surface area contributed by atoms with Gasteiger partial charge in [-0.3, -0.25) is 0 Å². The van der Waals surface area contributed by atoms with E-state index >= 15 is 0 Å². The van der Waals surface area contributed by atoms with Crippen LogP contribution in [0, 0.1) is 11.3 Å². The van der Waals surface area contributed by atoms with Crippen LogP contribution in [0.25, 0.3) is 0 Å². The van der Waals surface area contributed by atoms with Gasteiger partial charge in [-0.1, -0.05) is 30.3 Å². The fraction of sp³-hybridized carbons (Fsp3) is 0.0909. The minimum Gasteiger partial charge on any atom is -0.458 e. The second-order valence-electron chi connectivity index (χ2n) is 2.56. The first-order valence-electron chi connectivity index (χ1n) is 4.10. The maximum absolute atomic E-state index is 10.9. The molecule has 0 radical (unpaired) electrons. The van der Waals surface area contributed by atoms with E-state index in [-0.39, 0.29) is 6.61 Å². The van der Waals surface area contributed by atoms with Crippen molar-refractivity contribution in [1.82, 2.24) is 0 Å². The third kappa shape index (κ3) is 3.55. The molecule has 0 heterocycles. The first kappa shape index (κ1) is 10.0. The summed E-state index contributed by atoms with van der Waals surface area (Å²) < 4.78 is 4.85. The molecule has 0 amide bonds. The monoisotopic (exact) mass is 187 g/mol. The summed E-state index contributed by atoms with van der Waals surface area (Å²) in [5.41, 5.74) is 0.922. The number of carbonyl (C=O) groups excluding carboxylic acids is 1. The van der Waals surface area contributed by atoms with E-state index < -0.39 is 5.97 Å². The third-order valence-electron chi connectivity index (χ3n) is 1.52. The van der Waals surface area contributed by atoms with E-state index in [1.54, 1.807) is 6.07 Å². The second-order valence-corrected chi connectivity index (χ2v) is 2.56. The Kier molecular flexibility index (Phi) is 3.96. The van der Waals surface area contributed by atoms with Crippen LogP contribution in [0.3, 0.4) is 0 Å². The summed E-state index contributed by atoms with van der Waals surface area (Å²) >= 11 is 0. The maximum Gasteiger partial charge on any atom is 0.331 e. The molecule has 0 fully saturated rings. The molecule has 3 heteroatoms. The molecule has 14 heavy (non-hydrogen) atoms. The molecule has 0 aliphatic carbocycles. The number of nitriles is 1. The standard InChI is InChI=1S/C11H9NO2/c12-8-4-7-11(13)14-9-10-5-2-1-3-6-10/h1-7H,9H2/b7-4+. The van der Waals surface area contributed by atoms with Gasteiger partial charge in [0, 0.05) is 12.2 Å². The molecule has 1 aromatic rings. The predicted molar refractivity (Wildman–Crippen MR) is 51.0 cm³/mol. The summed E-state index contributed by atoms with van der Waals surface area (Å²) in [6, 6.07) is 11.1. The summed E-state index contributed by atoms with van der Waals surface area (Å²) in [7, 11) is 0. The number of hydrogen-bond donors (Lipinski definition) is 0. The van der Waals surface area contributed by atoms with Crippen LogP contribution in [0.1, 0.15) is 5.56 Å². The maximum atomic E-state index is 10.9. The van der Waals surface area contributed by atoms with E-state index in [9.17, 15) is 4.79 Å². The fourth-order valence-electron chi connectivity index (χ4n) is 0.882. The smallest absolute Gasteiger partial charge is 0.331 e. The lowest BCUT2D eigenvalue weighted by Crippen LogP contribution is -2.00. The third-order valence-corrected chi connectivity index (χ3v) is 1.52. The van der Waals surface area contributed by atoms with E-state index in [1.807, 2.05) is 30.3 Å². The lowest BCUT2D eigenvalue weighted by atomic mass is 10.2. The first-order chi connectivity index (χ1) is 6.83. The average Bonchev–Trinajstić information content (AvgIpc) is 2.25. The van der Waals surface area contributed by atoms with Gasteiger partial charge in [0.15, 0.2) is 0 Å². The number of rotatable bonds is 3. The largest absolute Gasteiger partial charge is 0.458 e. The fourth-order valence-corrected chi connectivity index (χ4v) is 0.882. The molecular formula is C11H9NO2. The number of nitrogens with zero attached hydrogens (tertiary/aromatic N) is 1. The molecule has 70 valence electrons. The van der Waals surface area contributed by atoms with E-state index in [2.05, 4.69) is 0 Å². The van der Waals surface area contributed by atoms with E-state index in [0.717, 1.165) is 17.7 Å². The van der Waals surface area contributed by atoms with E-state index in [4.69, 9.17) is 10.00 Å². The summed E-state index contributed by atoms with van der Waals surface area (Å²) in [4.78, 5) is 10.9. The normalized spacial score (nSPS) is 9.64. The Morgan fingerprint density at radius 2 is 2.14 bits per heavy atom. The highest BCUT2D eigenvalue weighted by Gasteiger charge is 1.96. The van der Waals surface area contributed by atoms with E-state index in [0.29, 0.717) is 0 Å². The zero-order valence-electron chi connectivity index (χ0n) is 7.51. The summed E-state index contributed by atoms with van der Waals surface area (Å²) in [6.07, 6.45) is 2.19. The molecule has 0 aliphatic heterocycles. The quantitative estimate of drug-likeness (QED) is 0.412. The van der Waals surface area contributed by atoms with Crippen LogP contribution in [0.2, 0.25) is 0 Å². The number of esters is 1. The SMILES string of the molecule is N#C/C=C/C(=O)OCc1ccccc1. The molecule has 0 N–H and O–H groups in total. The molecule has 1 aromatic carbocycles. The number of allylic oxidation sites excluding steroid dienone is 1. The van der Waals surface area contributed by atoms with Crippen molar-refractivity contribution >= 4 is 5.97 Å². The molecule has 0 saturated heterocycles. The van der Waals surface area contributed by atoms with Crippen LogP contribution in [-0.4, -0.2) is 5.97 Å². The van der Waals surface area contributed by atoms with Crippen molar-refractivity contribution in [2.24, 2.45) is 0 Å².